The molecule has 0 spiro atoms. The largest absolute Gasteiger partial charge is 0.392 e. The molecular weight excluding hydrogens is 286 g/mol. The number of aliphatic hydroxyl groups is 1. The number of anilines is 1. The van der Waals surface area contributed by atoms with Gasteiger partial charge in [0.2, 0.25) is 0 Å². The molecule has 0 saturated carbocycles. The number of nitrogens with two attached hydrogens (primary N) is 1. The number of hydrogen-bond acceptors (Lipinski definition) is 7. The van der Waals surface area contributed by atoms with Crippen LogP contribution in [0.25, 0.3) is 11.2 Å². The van der Waals surface area contributed by atoms with Gasteiger partial charge in [0.15, 0.2) is 17.3 Å². The number of fused-ring (bicyclic) bond motifs is 2. The van der Waals surface area contributed by atoms with Gasteiger partial charge in [0.1, 0.15) is 24.1 Å². The first-order chi connectivity index (χ1) is 10.5. The molecule has 0 aromatic carbocycles. The van der Waals surface area contributed by atoms with Crippen molar-refractivity contribution in [2.75, 3.05) is 12.3 Å². The third-order valence-corrected chi connectivity index (χ3v) is 4.11. The van der Waals surface area contributed by atoms with Crippen molar-refractivity contribution < 1.29 is 14.6 Å². The molecule has 22 heavy (non-hydrogen) atoms. The summed E-state index contributed by atoms with van der Waals surface area (Å²) in [5, 5.41) is 9.58. The van der Waals surface area contributed by atoms with E-state index in [4.69, 9.17) is 15.2 Å². The van der Waals surface area contributed by atoms with Crippen molar-refractivity contribution in [3.63, 3.8) is 0 Å². The SMILES string of the molecule is CC1(C)OC2[C@H](O1)C(CO)=C[C@H]2n1cnc2c(N)ncnc21. The Morgan fingerprint density at radius 2 is 2.14 bits per heavy atom. The van der Waals surface area contributed by atoms with E-state index in [9.17, 15) is 5.11 Å². The summed E-state index contributed by atoms with van der Waals surface area (Å²) in [6.45, 7) is 3.66. The molecule has 1 saturated heterocycles. The van der Waals surface area contributed by atoms with E-state index in [1.165, 1.54) is 6.33 Å². The number of ether oxygens (including phenoxy) is 2. The molecular formula is C14H17N5O3. The molecule has 4 rings (SSSR count). The van der Waals surface area contributed by atoms with Crippen LogP contribution in [0.3, 0.4) is 0 Å². The van der Waals surface area contributed by atoms with Gasteiger partial charge in [-0.3, -0.25) is 0 Å². The first kappa shape index (κ1) is 13.6. The lowest BCUT2D eigenvalue weighted by Crippen LogP contribution is -2.28. The normalized spacial score (nSPS) is 29.8. The highest BCUT2D eigenvalue weighted by Gasteiger charge is 2.50. The third-order valence-electron chi connectivity index (χ3n) is 4.11. The second-order valence-corrected chi connectivity index (χ2v) is 5.99. The van der Waals surface area contributed by atoms with E-state index in [1.54, 1.807) is 6.33 Å². The first-order valence-corrected chi connectivity index (χ1v) is 7.10. The monoisotopic (exact) mass is 303 g/mol. The Morgan fingerprint density at radius 1 is 1.32 bits per heavy atom. The standard InChI is InChI=1S/C14H17N5O3/c1-14(2)21-10-7(4-20)3-8(11(10)22-14)19-6-18-9-12(15)16-5-17-13(9)19/h3,5-6,8,10-11,20H,4H2,1-2H3,(H2,15,16,17)/t8-,10-,11?/m1/s1. The Bertz CT molecular complexity index is 769. The zero-order chi connectivity index (χ0) is 15.5. The molecule has 1 aliphatic heterocycles. The average molecular weight is 303 g/mol. The predicted octanol–water partition coefficient (Wildman–Crippen LogP) is 0.402. The Morgan fingerprint density at radius 3 is 2.91 bits per heavy atom. The molecule has 2 aromatic rings. The van der Waals surface area contributed by atoms with Crippen molar-refractivity contribution in [1.82, 2.24) is 19.5 Å². The van der Waals surface area contributed by atoms with Crippen molar-refractivity contribution in [3.05, 3.63) is 24.3 Å². The van der Waals surface area contributed by atoms with Gasteiger partial charge in [-0.05, 0) is 19.4 Å². The summed E-state index contributed by atoms with van der Waals surface area (Å²) in [7, 11) is 0. The van der Waals surface area contributed by atoms with E-state index in [0.29, 0.717) is 17.0 Å². The average Bonchev–Trinajstić information content (AvgIpc) is 3.10. The topological polar surface area (TPSA) is 108 Å². The molecule has 1 aliphatic carbocycles. The van der Waals surface area contributed by atoms with E-state index in [0.717, 1.165) is 5.57 Å². The fraction of sp³-hybridized carbons (Fsp3) is 0.500. The van der Waals surface area contributed by atoms with Crippen LogP contribution in [0, 0.1) is 0 Å². The summed E-state index contributed by atoms with van der Waals surface area (Å²) in [5.41, 5.74) is 7.84. The molecule has 0 bridgehead atoms. The zero-order valence-corrected chi connectivity index (χ0v) is 12.3. The summed E-state index contributed by atoms with van der Waals surface area (Å²) in [4.78, 5) is 12.5. The molecule has 1 fully saturated rings. The molecule has 3 heterocycles. The van der Waals surface area contributed by atoms with Crippen LogP contribution in [0.5, 0.6) is 0 Å². The van der Waals surface area contributed by atoms with Gasteiger partial charge < -0.3 is 24.9 Å². The Labute approximate surface area is 126 Å². The summed E-state index contributed by atoms with van der Waals surface area (Å²) in [5.74, 6) is -0.347. The van der Waals surface area contributed by atoms with E-state index in [-0.39, 0.29) is 24.9 Å². The highest BCUT2D eigenvalue weighted by Crippen LogP contribution is 2.43. The van der Waals surface area contributed by atoms with E-state index in [2.05, 4.69) is 15.0 Å². The number of aromatic nitrogens is 4. The van der Waals surface area contributed by atoms with Crippen molar-refractivity contribution in [3.8, 4) is 0 Å². The van der Waals surface area contributed by atoms with Gasteiger partial charge >= 0.3 is 0 Å². The molecule has 0 amide bonds. The second kappa shape index (κ2) is 4.48. The maximum absolute atomic E-state index is 9.58. The molecule has 0 radical (unpaired) electrons. The highest BCUT2D eigenvalue weighted by molar-refractivity contribution is 5.81. The number of imidazole rings is 1. The van der Waals surface area contributed by atoms with Crippen molar-refractivity contribution in [2.24, 2.45) is 0 Å². The smallest absolute Gasteiger partial charge is 0.166 e. The van der Waals surface area contributed by atoms with E-state index >= 15 is 0 Å². The van der Waals surface area contributed by atoms with Crippen LogP contribution in [0.4, 0.5) is 5.82 Å². The van der Waals surface area contributed by atoms with E-state index in [1.807, 2.05) is 24.5 Å². The molecule has 2 aromatic heterocycles. The Hall–Kier alpha value is -2.03. The lowest BCUT2D eigenvalue weighted by molar-refractivity contribution is -0.148. The molecule has 1 unspecified atom stereocenters. The van der Waals surface area contributed by atoms with Crippen LogP contribution < -0.4 is 5.73 Å². The van der Waals surface area contributed by atoms with Crippen LogP contribution in [0.1, 0.15) is 19.9 Å². The molecule has 8 heteroatoms. The van der Waals surface area contributed by atoms with Crippen LogP contribution in [-0.2, 0) is 9.47 Å². The minimum atomic E-state index is -0.688. The van der Waals surface area contributed by atoms with Crippen LogP contribution in [0.2, 0.25) is 0 Å². The minimum Gasteiger partial charge on any atom is -0.392 e. The summed E-state index contributed by atoms with van der Waals surface area (Å²) in [6, 6.07) is -0.159. The molecule has 8 nitrogen and oxygen atoms in total. The molecule has 3 atom stereocenters. The first-order valence-electron chi connectivity index (χ1n) is 7.10. The molecule has 2 aliphatic rings. The number of nitrogen functional groups attached to an aromatic ring is 1. The zero-order valence-electron chi connectivity index (χ0n) is 12.3. The number of rotatable bonds is 2. The Kier molecular flexibility index (Phi) is 2.77. The maximum Gasteiger partial charge on any atom is 0.166 e. The lowest BCUT2D eigenvalue weighted by atomic mass is 10.1. The van der Waals surface area contributed by atoms with Gasteiger partial charge in [-0.2, -0.15) is 0 Å². The van der Waals surface area contributed by atoms with Gasteiger partial charge in [-0.1, -0.05) is 6.08 Å². The Balaban J connectivity index is 1.81. The molecule has 116 valence electrons. The summed E-state index contributed by atoms with van der Waals surface area (Å²) in [6.07, 6.45) is 4.54. The van der Waals surface area contributed by atoms with Crippen LogP contribution in [0.15, 0.2) is 24.3 Å². The van der Waals surface area contributed by atoms with Gasteiger partial charge in [0.25, 0.3) is 0 Å². The van der Waals surface area contributed by atoms with Crippen LogP contribution in [-0.4, -0.2) is 49.2 Å². The van der Waals surface area contributed by atoms with Gasteiger partial charge in [-0.15, -0.1) is 0 Å². The van der Waals surface area contributed by atoms with Crippen molar-refractivity contribution in [1.29, 1.82) is 0 Å². The fourth-order valence-corrected chi connectivity index (χ4v) is 3.20. The quantitative estimate of drug-likeness (QED) is 0.773. The fourth-order valence-electron chi connectivity index (χ4n) is 3.20. The maximum atomic E-state index is 9.58. The lowest BCUT2D eigenvalue weighted by Gasteiger charge is -2.21. The third kappa shape index (κ3) is 1.84. The summed E-state index contributed by atoms with van der Waals surface area (Å²) < 4.78 is 13.8. The van der Waals surface area contributed by atoms with Gasteiger partial charge in [0.05, 0.1) is 19.0 Å². The highest BCUT2D eigenvalue weighted by atomic mass is 16.8. The van der Waals surface area contributed by atoms with Crippen molar-refractivity contribution >= 4 is 17.0 Å². The molecule has 3 N–H and O–H groups in total. The second-order valence-electron chi connectivity index (χ2n) is 5.99. The minimum absolute atomic E-state index is 0.0686. The van der Waals surface area contributed by atoms with E-state index < -0.39 is 5.79 Å². The number of hydrogen-bond donors (Lipinski definition) is 2. The number of aliphatic hydroxyl groups excluding tert-OH is 1. The number of nitrogens with zero attached hydrogens (tertiary/aromatic N) is 4. The van der Waals surface area contributed by atoms with Gasteiger partial charge in [0, 0.05) is 0 Å². The van der Waals surface area contributed by atoms with Gasteiger partial charge in [-0.25, -0.2) is 15.0 Å². The summed E-state index contributed by atoms with van der Waals surface area (Å²) >= 11 is 0. The van der Waals surface area contributed by atoms with Crippen molar-refractivity contribution in [2.45, 2.75) is 37.9 Å². The predicted molar refractivity (Wildman–Crippen MR) is 77.8 cm³/mol. The van der Waals surface area contributed by atoms with Crippen LogP contribution >= 0.6 is 0 Å².